The van der Waals surface area contributed by atoms with Gasteiger partial charge in [0.25, 0.3) is 0 Å². The first-order valence-electron chi connectivity index (χ1n) is 5.96. The Kier molecular flexibility index (Phi) is 4.49. The third kappa shape index (κ3) is 3.77. The van der Waals surface area contributed by atoms with E-state index in [0.717, 1.165) is 22.6 Å². The molecule has 0 fully saturated rings. The summed E-state index contributed by atoms with van der Waals surface area (Å²) in [5.41, 5.74) is 7.43. The first kappa shape index (κ1) is 13.5. The molecule has 98 valence electrons. The Morgan fingerprint density at radius 1 is 1.00 bits per heavy atom. The topological polar surface area (TPSA) is 55.5 Å². The highest BCUT2D eigenvalue weighted by Crippen LogP contribution is 2.22. The molecule has 0 unspecified atom stereocenters. The highest BCUT2D eigenvalue weighted by Gasteiger charge is 2.00. The van der Waals surface area contributed by atoms with Crippen molar-refractivity contribution in [3.63, 3.8) is 0 Å². The van der Waals surface area contributed by atoms with E-state index in [1.54, 1.807) is 0 Å². The summed E-state index contributed by atoms with van der Waals surface area (Å²) in [7, 11) is 0. The second kappa shape index (κ2) is 6.31. The molecule has 2 aromatic carbocycles. The summed E-state index contributed by atoms with van der Waals surface area (Å²) in [6.45, 7) is 0.153. The molecule has 2 rings (SSSR count). The zero-order chi connectivity index (χ0) is 13.7. The van der Waals surface area contributed by atoms with Crippen molar-refractivity contribution < 1.29 is 9.84 Å². The van der Waals surface area contributed by atoms with Crippen molar-refractivity contribution in [2.24, 2.45) is 5.73 Å². The van der Waals surface area contributed by atoms with E-state index in [1.807, 2.05) is 48.5 Å². The molecule has 0 aliphatic rings. The van der Waals surface area contributed by atoms with Crippen molar-refractivity contribution in [2.45, 2.75) is 6.42 Å². The molecule has 2 aromatic rings. The Bertz CT molecular complexity index is 549. The summed E-state index contributed by atoms with van der Waals surface area (Å²) in [4.78, 5) is 0.375. The number of thiocarbonyl (C=S) groups is 1. The number of hydrogen-bond acceptors (Lipinski definition) is 3. The summed E-state index contributed by atoms with van der Waals surface area (Å²) in [6, 6.07) is 15.0. The summed E-state index contributed by atoms with van der Waals surface area (Å²) in [5.74, 6) is 1.49. The Labute approximate surface area is 117 Å². The van der Waals surface area contributed by atoms with Crippen LogP contribution in [-0.4, -0.2) is 16.7 Å². The number of ether oxygens (including phenoxy) is 1. The predicted octanol–water partition coefficient (Wildman–Crippen LogP) is 2.65. The van der Waals surface area contributed by atoms with Gasteiger partial charge >= 0.3 is 0 Å². The van der Waals surface area contributed by atoms with Gasteiger partial charge in [-0.05, 0) is 48.4 Å². The minimum Gasteiger partial charge on any atom is -0.457 e. The second-order valence-corrected chi connectivity index (χ2v) is 4.55. The first-order valence-corrected chi connectivity index (χ1v) is 6.37. The molecule has 0 aliphatic heterocycles. The molecule has 3 nitrogen and oxygen atoms in total. The lowest BCUT2D eigenvalue weighted by Gasteiger charge is -2.07. The number of aliphatic hydroxyl groups is 1. The monoisotopic (exact) mass is 273 g/mol. The van der Waals surface area contributed by atoms with Crippen molar-refractivity contribution in [3.05, 3.63) is 59.7 Å². The minimum atomic E-state index is 0.153. The summed E-state index contributed by atoms with van der Waals surface area (Å²) in [6.07, 6.45) is 0.656. The molecule has 0 radical (unpaired) electrons. The fourth-order valence-corrected chi connectivity index (χ4v) is 1.81. The van der Waals surface area contributed by atoms with Crippen LogP contribution in [0.2, 0.25) is 0 Å². The SMILES string of the molecule is NC(=S)c1ccc(Oc2ccc(CCO)cc2)cc1. The standard InChI is InChI=1S/C15H15NO2S/c16-15(19)12-3-7-14(8-4-12)18-13-5-1-11(2-6-13)9-10-17/h1-8,17H,9-10H2,(H2,16,19). The average molecular weight is 273 g/mol. The molecule has 0 amide bonds. The number of benzene rings is 2. The number of rotatable bonds is 5. The van der Waals surface area contributed by atoms with Crippen LogP contribution in [0.1, 0.15) is 11.1 Å². The number of hydrogen-bond donors (Lipinski definition) is 2. The summed E-state index contributed by atoms with van der Waals surface area (Å²) < 4.78 is 5.70. The molecular formula is C15H15NO2S. The average Bonchev–Trinajstić information content (AvgIpc) is 2.42. The van der Waals surface area contributed by atoms with E-state index in [2.05, 4.69) is 0 Å². The Morgan fingerprint density at radius 2 is 1.53 bits per heavy atom. The van der Waals surface area contributed by atoms with Crippen molar-refractivity contribution in [2.75, 3.05) is 6.61 Å². The summed E-state index contributed by atoms with van der Waals surface area (Å²) >= 11 is 4.89. The molecule has 0 spiro atoms. The van der Waals surface area contributed by atoms with Gasteiger partial charge in [-0.1, -0.05) is 24.4 Å². The third-order valence-corrected chi connectivity index (χ3v) is 2.93. The molecule has 4 heteroatoms. The molecule has 0 bridgehead atoms. The van der Waals surface area contributed by atoms with Gasteiger partial charge in [0.15, 0.2) is 0 Å². The van der Waals surface area contributed by atoms with Crippen LogP contribution >= 0.6 is 12.2 Å². The predicted molar refractivity (Wildman–Crippen MR) is 79.6 cm³/mol. The zero-order valence-corrected chi connectivity index (χ0v) is 11.2. The van der Waals surface area contributed by atoms with Crippen LogP contribution in [0.15, 0.2) is 48.5 Å². The first-order chi connectivity index (χ1) is 9.19. The molecule has 3 N–H and O–H groups in total. The number of nitrogens with two attached hydrogens (primary N) is 1. The maximum atomic E-state index is 8.84. The van der Waals surface area contributed by atoms with Crippen LogP contribution in [-0.2, 0) is 6.42 Å². The van der Waals surface area contributed by atoms with E-state index < -0.39 is 0 Å². The normalized spacial score (nSPS) is 10.2. The summed E-state index contributed by atoms with van der Waals surface area (Å²) in [5, 5.41) is 8.84. The van der Waals surface area contributed by atoms with Gasteiger partial charge in [-0.15, -0.1) is 0 Å². The lowest BCUT2D eigenvalue weighted by molar-refractivity contribution is 0.299. The highest BCUT2D eigenvalue weighted by molar-refractivity contribution is 7.80. The van der Waals surface area contributed by atoms with Gasteiger partial charge in [0.05, 0.1) is 0 Å². The highest BCUT2D eigenvalue weighted by atomic mass is 32.1. The van der Waals surface area contributed by atoms with E-state index in [0.29, 0.717) is 11.4 Å². The van der Waals surface area contributed by atoms with Crippen molar-refractivity contribution in [1.82, 2.24) is 0 Å². The van der Waals surface area contributed by atoms with Gasteiger partial charge < -0.3 is 15.6 Å². The number of aliphatic hydroxyl groups excluding tert-OH is 1. The lowest BCUT2D eigenvalue weighted by Crippen LogP contribution is -2.08. The fraction of sp³-hybridized carbons (Fsp3) is 0.133. The van der Waals surface area contributed by atoms with Crippen LogP contribution in [0.5, 0.6) is 11.5 Å². The van der Waals surface area contributed by atoms with Crippen LogP contribution in [0, 0.1) is 0 Å². The maximum absolute atomic E-state index is 8.84. The largest absolute Gasteiger partial charge is 0.457 e. The zero-order valence-electron chi connectivity index (χ0n) is 10.4. The van der Waals surface area contributed by atoms with E-state index in [9.17, 15) is 0 Å². The molecule has 0 heterocycles. The van der Waals surface area contributed by atoms with E-state index >= 15 is 0 Å². The van der Waals surface area contributed by atoms with Gasteiger partial charge in [-0.25, -0.2) is 0 Å². The molecule has 0 aliphatic carbocycles. The van der Waals surface area contributed by atoms with Crippen LogP contribution in [0.4, 0.5) is 0 Å². The van der Waals surface area contributed by atoms with Crippen molar-refractivity contribution >= 4 is 17.2 Å². The van der Waals surface area contributed by atoms with Gasteiger partial charge in [-0.2, -0.15) is 0 Å². The third-order valence-electron chi connectivity index (χ3n) is 2.70. The van der Waals surface area contributed by atoms with Crippen molar-refractivity contribution in [3.8, 4) is 11.5 Å². The quantitative estimate of drug-likeness (QED) is 0.822. The van der Waals surface area contributed by atoms with E-state index in [-0.39, 0.29) is 6.61 Å². The fourth-order valence-electron chi connectivity index (χ4n) is 1.68. The van der Waals surface area contributed by atoms with Gasteiger partial charge in [0.1, 0.15) is 16.5 Å². The Morgan fingerprint density at radius 3 is 2.00 bits per heavy atom. The lowest BCUT2D eigenvalue weighted by atomic mass is 10.1. The van der Waals surface area contributed by atoms with Crippen LogP contribution < -0.4 is 10.5 Å². The molecule has 0 saturated heterocycles. The Hall–Kier alpha value is -1.91. The molecule has 0 saturated carbocycles. The molecule has 19 heavy (non-hydrogen) atoms. The van der Waals surface area contributed by atoms with Crippen LogP contribution in [0.25, 0.3) is 0 Å². The van der Waals surface area contributed by atoms with Gasteiger partial charge in [0.2, 0.25) is 0 Å². The maximum Gasteiger partial charge on any atom is 0.127 e. The molecule has 0 atom stereocenters. The van der Waals surface area contributed by atoms with Gasteiger partial charge in [-0.3, -0.25) is 0 Å². The molecule has 0 aromatic heterocycles. The smallest absolute Gasteiger partial charge is 0.127 e. The van der Waals surface area contributed by atoms with E-state index in [4.69, 9.17) is 27.8 Å². The minimum absolute atomic E-state index is 0.153. The second-order valence-electron chi connectivity index (χ2n) is 4.11. The molecular weight excluding hydrogens is 258 g/mol. The Balaban J connectivity index is 2.06. The van der Waals surface area contributed by atoms with E-state index in [1.165, 1.54) is 0 Å². The van der Waals surface area contributed by atoms with Crippen LogP contribution in [0.3, 0.4) is 0 Å². The van der Waals surface area contributed by atoms with Crippen molar-refractivity contribution in [1.29, 1.82) is 0 Å². The van der Waals surface area contributed by atoms with Gasteiger partial charge in [0, 0.05) is 12.2 Å².